The molecule has 2 aromatic heterocycles. The molecule has 0 aliphatic carbocycles. The standard InChI is InChI=1S/C27H32ClN5O2/c1-19-24(20(2)31(3)25(19)26(35)21-8-10-22(28)11-9-21)23(34)7-4-5-14-32-15-17-33(18-16-32)27-29-12-6-13-30-27/h6,8-13H,4-5,7,14-18H2,1-3H3. The van der Waals surface area contributed by atoms with Crippen molar-refractivity contribution in [3.05, 3.63) is 75.8 Å². The smallest absolute Gasteiger partial charge is 0.225 e. The van der Waals surface area contributed by atoms with Crippen molar-refractivity contribution in [3.63, 3.8) is 0 Å². The Bertz CT molecular complexity index is 1180. The number of hydrogen-bond acceptors (Lipinski definition) is 6. The molecule has 1 aliphatic heterocycles. The maximum atomic E-state index is 13.1. The number of nitrogens with zero attached hydrogens (tertiary/aromatic N) is 5. The lowest BCUT2D eigenvalue weighted by Gasteiger charge is -2.34. The molecule has 0 spiro atoms. The van der Waals surface area contributed by atoms with Crippen LogP contribution < -0.4 is 4.90 Å². The lowest BCUT2D eigenvalue weighted by molar-refractivity contribution is 0.0976. The van der Waals surface area contributed by atoms with E-state index in [9.17, 15) is 9.59 Å². The number of hydrogen-bond donors (Lipinski definition) is 0. The van der Waals surface area contributed by atoms with Gasteiger partial charge in [-0.3, -0.25) is 14.5 Å². The van der Waals surface area contributed by atoms with Crippen molar-refractivity contribution in [2.24, 2.45) is 7.05 Å². The quantitative estimate of drug-likeness (QED) is 0.323. The Morgan fingerprint density at radius 1 is 0.971 bits per heavy atom. The minimum Gasteiger partial charge on any atom is -0.344 e. The summed E-state index contributed by atoms with van der Waals surface area (Å²) in [7, 11) is 1.85. The highest BCUT2D eigenvalue weighted by Crippen LogP contribution is 2.26. The van der Waals surface area contributed by atoms with Gasteiger partial charge in [0.05, 0.1) is 5.69 Å². The summed E-state index contributed by atoms with van der Waals surface area (Å²) in [6.07, 6.45) is 5.83. The summed E-state index contributed by atoms with van der Waals surface area (Å²) in [6, 6.07) is 8.70. The molecule has 0 saturated carbocycles. The molecule has 35 heavy (non-hydrogen) atoms. The molecule has 3 aromatic rings. The highest BCUT2D eigenvalue weighted by molar-refractivity contribution is 6.30. The zero-order valence-corrected chi connectivity index (χ0v) is 21.4. The van der Waals surface area contributed by atoms with Gasteiger partial charge in [-0.1, -0.05) is 11.6 Å². The largest absolute Gasteiger partial charge is 0.344 e. The van der Waals surface area contributed by atoms with E-state index in [1.165, 1.54) is 0 Å². The number of Topliss-reactive ketones (excluding diaryl/α,β-unsaturated/α-hetero) is 1. The van der Waals surface area contributed by atoms with Crippen molar-refractivity contribution in [2.45, 2.75) is 33.1 Å². The lowest BCUT2D eigenvalue weighted by atomic mass is 9.99. The number of benzene rings is 1. The first-order chi connectivity index (χ1) is 16.9. The monoisotopic (exact) mass is 493 g/mol. The van der Waals surface area contributed by atoms with Crippen LogP contribution in [-0.2, 0) is 7.05 Å². The zero-order valence-electron chi connectivity index (χ0n) is 20.6. The van der Waals surface area contributed by atoms with E-state index in [0.717, 1.165) is 62.8 Å². The van der Waals surface area contributed by atoms with Crippen LogP contribution >= 0.6 is 11.6 Å². The predicted octanol–water partition coefficient (Wildman–Crippen LogP) is 4.49. The van der Waals surface area contributed by atoms with E-state index in [-0.39, 0.29) is 11.6 Å². The van der Waals surface area contributed by atoms with Gasteiger partial charge in [0, 0.05) is 73.9 Å². The number of piperazine rings is 1. The first-order valence-corrected chi connectivity index (χ1v) is 12.5. The molecular formula is C27H32ClN5O2. The van der Waals surface area contributed by atoms with E-state index in [1.807, 2.05) is 31.5 Å². The fourth-order valence-electron chi connectivity index (χ4n) is 4.82. The number of carbonyl (C=O) groups excluding carboxylic acids is 2. The third-order valence-electron chi connectivity index (χ3n) is 6.87. The van der Waals surface area contributed by atoms with Crippen molar-refractivity contribution in [1.82, 2.24) is 19.4 Å². The molecule has 184 valence electrons. The van der Waals surface area contributed by atoms with E-state index in [0.29, 0.717) is 28.3 Å². The minimum atomic E-state index is -0.0936. The number of anilines is 1. The van der Waals surface area contributed by atoms with Gasteiger partial charge in [0.2, 0.25) is 11.7 Å². The molecule has 0 N–H and O–H groups in total. The highest BCUT2D eigenvalue weighted by atomic mass is 35.5. The highest BCUT2D eigenvalue weighted by Gasteiger charge is 2.25. The van der Waals surface area contributed by atoms with E-state index >= 15 is 0 Å². The van der Waals surface area contributed by atoms with Crippen molar-refractivity contribution in [1.29, 1.82) is 0 Å². The predicted molar refractivity (Wildman–Crippen MR) is 139 cm³/mol. The van der Waals surface area contributed by atoms with Crippen LogP contribution in [0.5, 0.6) is 0 Å². The van der Waals surface area contributed by atoms with Gasteiger partial charge in [0.15, 0.2) is 5.78 Å². The van der Waals surface area contributed by atoms with Gasteiger partial charge >= 0.3 is 0 Å². The summed E-state index contributed by atoms with van der Waals surface area (Å²) >= 11 is 5.97. The molecular weight excluding hydrogens is 462 g/mol. The third kappa shape index (κ3) is 5.63. The Labute approximate surface area is 211 Å². The van der Waals surface area contributed by atoms with Crippen molar-refractivity contribution < 1.29 is 9.59 Å². The second-order valence-electron chi connectivity index (χ2n) is 9.09. The molecule has 4 rings (SSSR count). The second-order valence-corrected chi connectivity index (χ2v) is 9.52. The van der Waals surface area contributed by atoms with Crippen molar-refractivity contribution >= 4 is 29.1 Å². The number of rotatable bonds is 9. The molecule has 7 nitrogen and oxygen atoms in total. The molecule has 1 aliphatic rings. The zero-order chi connectivity index (χ0) is 24.9. The molecule has 8 heteroatoms. The normalized spacial score (nSPS) is 14.3. The van der Waals surface area contributed by atoms with Gasteiger partial charge in [-0.05, 0) is 69.1 Å². The summed E-state index contributed by atoms with van der Waals surface area (Å²) < 4.78 is 1.84. The number of aromatic nitrogens is 3. The van der Waals surface area contributed by atoms with Gasteiger partial charge in [0.1, 0.15) is 0 Å². The van der Waals surface area contributed by atoms with Crippen LogP contribution in [0.15, 0.2) is 42.7 Å². The first-order valence-electron chi connectivity index (χ1n) is 12.1. The Kier molecular flexibility index (Phi) is 7.98. The van der Waals surface area contributed by atoms with E-state index in [2.05, 4.69) is 19.8 Å². The SMILES string of the molecule is Cc1c(C(=O)CCCCN2CCN(c3ncccn3)CC2)c(C)n(C)c1C(=O)c1ccc(Cl)cc1. The van der Waals surface area contributed by atoms with E-state index in [4.69, 9.17) is 11.6 Å². The summed E-state index contributed by atoms with van der Waals surface area (Å²) in [5.74, 6) is 0.806. The molecule has 0 unspecified atom stereocenters. The summed E-state index contributed by atoms with van der Waals surface area (Å²) in [6.45, 7) is 8.53. The Morgan fingerprint density at radius 3 is 2.29 bits per heavy atom. The fraction of sp³-hybridized carbons (Fsp3) is 0.407. The van der Waals surface area contributed by atoms with Crippen LogP contribution in [0.2, 0.25) is 5.02 Å². The van der Waals surface area contributed by atoms with Gasteiger partial charge in [-0.2, -0.15) is 0 Å². The molecule has 1 aromatic carbocycles. The van der Waals surface area contributed by atoms with Crippen LogP contribution in [0.3, 0.4) is 0 Å². The summed E-state index contributed by atoms with van der Waals surface area (Å²) in [5.41, 5.74) is 3.41. The molecule has 3 heterocycles. The molecule has 0 bridgehead atoms. The summed E-state index contributed by atoms with van der Waals surface area (Å²) in [4.78, 5) is 39.6. The molecule has 1 saturated heterocycles. The Balaban J connectivity index is 1.30. The van der Waals surface area contributed by atoms with Crippen LogP contribution in [0.1, 0.15) is 56.9 Å². The van der Waals surface area contributed by atoms with Crippen LogP contribution in [-0.4, -0.2) is 63.7 Å². The van der Waals surface area contributed by atoms with Gasteiger partial charge in [0.25, 0.3) is 0 Å². The topological polar surface area (TPSA) is 71.3 Å². The van der Waals surface area contributed by atoms with Crippen molar-refractivity contribution in [3.8, 4) is 0 Å². The van der Waals surface area contributed by atoms with Crippen molar-refractivity contribution in [2.75, 3.05) is 37.6 Å². The van der Waals surface area contributed by atoms with Gasteiger partial charge in [-0.15, -0.1) is 0 Å². The number of halogens is 1. The first kappa shape index (κ1) is 25.1. The molecule has 0 amide bonds. The molecule has 0 radical (unpaired) electrons. The number of ketones is 2. The average molecular weight is 494 g/mol. The average Bonchev–Trinajstić information content (AvgIpc) is 3.10. The van der Waals surface area contributed by atoms with Gasteiger partial charge < -0.3 is 9.47 Å². The Hall–Kier alpha value is -3.03. The van der Waals surface area contributed by atoms with Crippen LogP contribution in [0.4, 0.5) is 5.95 Å². The van der Waals surface area contributed by atoms with E-state index in [1.54, 1.807) is 36.7 Å². The Morgan fingerprint density at radius 2 is 1.63 bits per heavy atom. The van der Waals surface area contributed by atoms with Gasteiger partial charge in [-0.25, -0.2) is 9.97 Å². The van der Waals surface area contributed by atoms with Crippen LogP contribution in [0, 0.1) is 13.8 Å². The number of carbonyl (C=O) groups is 2. The minimum absolute atomic E-state index is 0.0936. The maximum absolute atomic E-state index is 13.1. The van der Waals surface area contributed by atoms with Crippen LogP contribution in [0.25, 0.3) is 0 Å². The molecule has 1 fully saturated rings. The number of unbranched alkanes of at least 4 members (excludes halogenated alkanes) is 1. The lowest BCUT2D eigenvalue weighted by Crippen LogP contribution is -2.47. The van der Waals surface area contributed by atoms with E-state index < -0.39 is 0 Å². The fourth-order valence-corrected chi connectivity index (χ4v) is 4.95. The summed E-state index contributed by atoms with van der Waals surface area (Å²) in [5, 5.41) is 0.587. The molecule has 0 atom stereocenters. The second kappa shape index (κ2) is 11.1. The maximum Gasteiger partial charge on any atom is 0.225 e. The third-order valence-corrected chi connectivity index (χ3v) is 7.12.